The van der Waals surface area contributed by atoms with Crippen molar-refractivity contribution in [2.24, 2.45) is 0 Å². The molecule has 0 saturated carbocycles. The zero-order valence-corrected chi connectivity index (χ0v) is 29.4. The predicted octanol–water partition coefficient (Wildman–Crippen LogP) is 5.82. The standard InChI is InChI=1S/C38H39N9O6/c1-45(34-12-14-40-38(42-34)46-15-18-49-19-16-46)37-23-33(44-53-37)27-5-9-30(10-6-27)51-25-31-24-47(17-20-50-31)35-21-28(11-13-39-35)41-36-22-32(43-52-36)26-3-7-29(48-2)8-4-26/h3-14,21-23,31H,15-20,24-25H2,1-2H3,(H,39,41). The average Bonchev–Trinajstić information content (AvgIpc) is 3.92. The zero-order chi connectivity index (χ0) is 36.0. The van der Waals surface area contributed by atoms with Crippen molar-refractivity contribution in [3.8, 4) is 34.0 Å². The number of anilines is 6. The van der Waals surface area contributed by atoms with E-state index in [1.54, 1.807) is 19.5 Å². The van der Waals surface area contributed by atoms with Crippen molar-refractivity contribution in [2.45, 2.75) is 6.10 Å². The number of hydrogen-bond acceptors (Lipinski definition) is 15. The van der Waals surface area contributed by atoms with Gasteiger partial charge in [0, 0.05) is 80.6 Å². The molecule has 6 aromatic rings. The molecule has 1 atom stereocenters. The summed E-state index contributed by atoms with van der Waals surface area (Å²) in [6, 6.07) is 24.9. The SMILES string of the molecule is COc1ccc(-c2cc(Nc3ccnc(N4CCOC(COc5ccc(-c6cc(N(C)c7ccnc(N8CCOCC8)n7)on6)cc5)C4)c3)on2)cc1. The largest absolute Gasteiger partial charge is 0.497 e. The number of rotatable bonds is 12. The minimum absolute atomic E-state index is 0.137. The molecule has 2 fully saturated rings. The van der Waals surface area contributed by atoms with Gasteiger partial charge in [-0.3, -0.25) is 4.90 Å². The first-order chi connectivity index (χ1) is 26.1. The smallest absolute Gasteiger partial charge is 0.233 e. The summed E-state index contributed by atoms with van der Waals surface area (Å²) in [4.78, 5) is 20.0. The van der Waals surface area contributed by atoms with Crippen LogP contribution in [0.1, 0.15) is 0 Å². The Morgan fingerprint density at radius 1 is 0.792 bits per heavy atom. The van der Waals surface area contributed by atoms with Crippen LogP contribution in [0, 0.1) is 0 Å². The monoisotopic (exact) mass is 717 g/mol. The number of nitrogens with zero attached hydrogens (tertiary/aromatic N) is 8. The van der Waals surface area contributed by atoms with E-state index in [0.29, 0.717) is 68.7 Å². The molecule has 2 saturated heterocycles. The van der Waals surface area contributed by atoms with Gasteiger partial charge in [0.05, 0.1) is 26.9 Å². The fourth-order valence-electron chi connectivity index (χ4n) is 6.10. The Kier molecular flexibility index (Phi) is 9.98. The number of pyridine rings is 1. The molecule has 0 radical (unpaired) electrons. The molecule has 15 heteroatoms. The average molecular weight is 718 g/mol. The second-order valence-corrected chi connectivity index (χ2v) is 12.5. The lowest BCUT2D eigenvalue weighted by Gasteiger charge is -2.33. The van der Waals surface area contributed by atoms with Crippen molar-refractivity contribution in [3.05, 3.63) is 91.3 Å². The minimum atomic E-state index is -0.137. The van der Waals surface area contributed by atoms with Crippen LogP contribution in [0.3, 0.4) is 0 Å². The van der Waals surface area contributed by atoms with Gasteiger partial charge in [0.1, 0.15) is 47.2 Å². The molecule has 0 aliphatic carbocycles. The van der Waals surface area contributed by atoms with E-state index in [4.69, 9.17) is 33.0 Å². The van der Waals surface area contributed by atoms with Crippen LogP contribution in [-0.4, -0.2) is 98.1 Å². The van der Waals surface area contributed by atoms with Crippen LogP contribution in [-0.2, 0) is 9.47 Å². The van der Waals surface area contributed by atoms with E-state index in [2.05, 4.69) is 35.4 Å². The predicted molar refractivity (Wildman–Crippen MR) is 199 cm³/mol. The highest BCUT2D eigenvalue weighted by molar-refractivity contribution is 5.67. The van der Waals surface area contributed by atoms with Gasteiger partial charge in [-0.25, -0.2) is 9.97 Å². The van der Waals surface area contributed by atoms with Crippen LogP contribution in [0.15, 0.2) is 100 Å². The fourth-order valence-corrected chi connectivity index (χ4v) is 6.10. The van der Waals surface area contributed by atoms with Crippen molar-refractivity contribution < 1.29 is 28.0 Å². The summed E-state index contributed by atoms with van der Waals surface area (Å²) in [6.45, 7) is 5.15. The maximum Gasteiger partial charge on any atom is 0.233 e. The first kappa shape index (κ1) is 33.9. The number of aromatic nitrogens is 5. The molecule has 6 heterocycles. The number of hydrogen-bond donors (Lipinski definition) is 1. The van der Waals surface area contributed by atoms with E-state index in [1.807, 2.05) is 90.8 Å². The number of morpholine rings is 2. The molecule has 2 aliphatic rings. The summed E-state index contributed by atoms with van der Waals surface area (Å²) in [5.74, 6) is 4.83. The van der Waals surface area contributed by atoms with Crippen molar-refractivity contribution >= 4 is 35.0 Å². The van der Waals surface area contributed by atoms with Gasteiger partial charge in [-0.2, -0.15) is 4.98 Å². The topological polar surface area (TPSA) is 149 Å². The van der Waals surface area contributed by atoms with Gasteiger partial charge in [0.15, 0.2) is 0 Å². The lowest BCUT2D eigenvalue weighted by Crippen LogP contribution is -2.45. The summed E-state index contributed by atoms with van der Waals surface area (Å²) in [5, 5.41) is 11.8. The van der Waals surface area contributed by atoms with E-state index >= 15 is 0 Å². The third kappa shape index (κ3) is 8.00. The molecule has 4 aromatic heterocycles. The highest BCUT2D eigenvalue weighted by Crippen LogP contribution is 2.30. The molecule has 0 amide bonds. The van der Waals surface area contributed by atoms with Gasteiger partial charge < -0.3 is 43.1 Å². The Labute approximate surface area is 306 Å². The summed E-state index contributed by atoms with van der Waals surface area (Å²) >= 11 is 0. The van der Waals surface area contributed by atoms with E-state index in [9.17, 15) is 0 Å². The van der Waals surface area contributed by atoms with Gasteiger partial charge in [0.2, 0.25) is 17.7 Å². The maximum absolute atomic E-state index is 6.15. The highest BCUT2D eigenvalue weighted by atomic mass is 16.5. The van der Waals surface area contributed by atoms with E-state index in [1.165, 1.54) is 0 Å². The number of ether oxygens (including phenoxy) is 4. The number of methoxy groups -OCH3 is 1. The molecule has 8 rings (SSSR count). The van der Waals surface area contributed by atoms with Crippen LogP contribution >= 0.6 is 0 Å². The van der Waals surface area contributed by atoms with Crippen LogP contribution < -0.4 is 29.5 Å². The van der Waals surface area contributed by atoms with Crippen LogP contribution in [0.4, 0.5) is 35.0 Å². The maximum atomic E-state index is 6.15. The molecule has 1 N–H and O–H groups in total. The number of nitrogens with one attached hydrogen (secondary N) is 1. The van der Waals surface area contributed by atoms with E-state index in [-0.39, 0.29) is 6.10 Å². The Hall–Kier alpha value is -6.19. The minimum Gasteiger partial charge on any atom is -0.497 e. The molecule has 53 heavy (non-hydrogen) atoms. The lowest BCUT2D eigenvalue weighted by atomic mass is 10.1. The van der Waals surface area contributed by atoms with Crippen molar-refractivity contribution in [2.75, 3.05) is 86.8 Å². The van der Waals surface area contributed by atoms with Gasteiger partial charge in [-0.15, -0.1) is 0 Å². The second kappa shape index (κ2) is 15.6. The molecular formula is C38H39N9O6. The molecule has 0 spiro atoms. The molecule has 1 unspecified atom stereocenters. The molecular weight excluding hydrogens is 678 g/mol. The normalized spacial score (nSPS) is 16.0. The lowest BCUT2D eigenvalue weighted by molar-refractivity contribution is 0.0101. The summed E-state index contributed by atoms with van der Waals surface area (Å²) < 4.78 is 34.1. The molecule has 272 valence electrons. The third-order valence-corrected chi connectivity index (χ3v) is 9.05. The van der Waals surface area contributed by atoms with Gasteiger partial charge in [-0.1, -0.05) is 10.3 Å². The quantitative estimate of drug-likeness (QED) is 0.162. The Bertz CT molecular complexity index is 2100. The first-order valence-corrected chi connectivity index (χ1v) is 17.4. The van der Waals surface area contributed by atoms with Crippen LogP contribution in [0.5, 0.6) is 11.5 Å². The van der Waals surface area contributed by atoms with Crippen molar-refractivity contribution in [1.29, 1.82) is 0 Å². The van der Waals surface area contributed by atoms with Gasteiger partial charge in [-0.05, 0) is 60.7 Å². The van der Waals surface area contributed by atoms with Crippen LogP contribution in [0.25, 0.3) is 22.5 Å². The summed E-state index contributed by atoms with van der Waals surface area (Å²) in [6.07, 6.45) is 3.39. The molecule has 15 nitrogen and oxygen atoms in total. The molecule has 2 aromatic carbocycles. The Morgan fingerprint density at radius 2 is 1.51 bits per heavy atom. The van der Waals surface area contributed by atoms with Crippen molar-refractivity contribution in [3.63, 3.8) is 0 Å². The Balaban J connectivity index is 0.843. The Morgan fingerprint density at radius 3 is 2.30 bits per heavy atom. The third-order valence-electron chi connectivity index (χ3n) is 9.05. The highest BCUT2D eigenvalue weighted by Gasteiger charge is 2.23. The van der Waals surface area contributed by atoms with Gasteiger partial charge >= 0.3 is 0 Å². The molecule has 0 bridgehead atoms. The fraction of sp³-hybridized carbons (Fsp3) is 0.289. The van der Waals surface area contributed by atoms with Gasteiger partial charge in [0.25, 0.3) is 0 Å². The van der Waals surface area contributed by atoms with E-state index < -0.39 is 0 Å². The van der Waals surface area contributed by atoms with E-state index in [0.717, 1.165) is 52.9 Å². The summed E-state index contributed by atoms with van der Waals surface area (Å²) in [5.41, 5.74) is 4.10. The van der Waals surface area contributed by atoms with Crippen LogP contribution in [0.2, 0.25) is 0 Å². The first-order valence-electron chi connectivity index (χ1n) is 17.4. The number of benzene rings is 2. The second-order valence-electron chi connectivity index (χ2n) is 12.5. The van der Waals surface area contributed by atoms with Crippen molar-refractivity contribution in [1.82, 2.24) is 25.3 Å². The molecule has 2 aliphatic heterocycles. The summed E-state index contributed by atoms with van der Waals surface area (Å²) in [7, 11) is 3.53. The zero-order valence-electron chi connectivity index (χ0n) is 29.4.